The molecule has 2 heterocycles. The number of hydrogen-bond acceptors (Lipinski definition) is 8. The molecule has 176 valence electrons. The molecule has 4 aromatic rings. The number of hydrogen-bond donors (Lipinski definition) is 1. The minimum atomic E-state index is -0.00820. The van der Waals surface area contributed by atoms with Gasteiger partial charge in [0.25, 0.3) is 0 Å². The van der Waals surface area contributed by atoms with E-state index in [2.05, 4.69) is 20.4 Å². The summed E-state index contributed by atoms with van der Waals surface area (Å²) in [7, 11) is 1.74. The number of aryl methyl sites for hydroxylation is 2. The lowest BCUT2D eigenvalue weighted by molar-refractivity contribution is -0.127. The van der Waals surface area contributed by atoms with Gasteiger partial charge in [-0.1, -0.05) is 11.2 Å². The molecule has 34 heavy (non-hydrogen) atoms. The Morgan fingerprint density at radius 1 is 1.09 bits per heavy atom. The molecule has 2 aromatic heterocycles. The molecule has 0 aliphatic rings. The molecule has 4 rings (SSSR count). The summed E-state index contributed by atoms with van der Waals surface area (Å²) in [5, 5.41) is 8.10. The molecule has 0 aliphatic heterocycles. The van der Waals surface area contributed by atoms with Gasteiger partial charge in [-0.2, -0.15) is 0 Å². The summed E-state index contributed by atoms with van der Waals surface area (Å²) in [5.74, 6) is 2.79. The van der Waals surface area contributed by atoms with Crippen LogP contribution >= 0.6 is 0 Å². The predicted octanol–water partition coefficient (Wildman–Crippen LogP) is 4.41. The van der Waals surface area contributed by atoms with Gasteiger partial charge >= 0.3 is 0 Å². The molecule has 0 saturated heterocycles. The maximum Gasteiger partial charge on any atom is 0.219 e. The summed E-state index contributed by atoms with van der Waals surface area (Å²) in [4.78, 5) is 21.9. The number of amides is 1. The summed E-state index contributed by atoms with van der Waals surface area (Å²) in [6.07, 6.45) is 1.52. The van der Waals surface area contributed by atoms with E-state index in [9.17, 15) is 4.79 Å². The van der Waals surface area contributed by atoms with Crippen LogP contribution in [0.25, 0.3) is 10.9 Å². The molecule has 0 unspecified atom stereocenters. The van der Waals surface area contributed by atoms with E-state index in [-0.39, 0.29) is 5.91 Å². The zero-order valence-electron chi connectivity index (χ0n) is 19.7. The third kappa shape index (κ3) is 5.43. The summed E-state index contributed by atoms with van der Waals surface area (Å²) >= 11 is 0. The lowest BCUT2D eigenvalue weighted by Crippen LogP contribution is -2.28. The molecule has 0 radical (unpaired) electrons. The number of nitrogens with one attached hydrogen (secondary N) is 1. The van der Waals surface area contributed by atoms with Gasteiger partial charge in [-0.25, -0.2) is 9.97 Å². The van der Waals surface area contributed by atoms with E-state index in [0.717, 1.165) is 39.4 Å². The van der Waals surface area contributed by atoms with Crippen molar-refractivity contribution in [3.05, 3.63) is 65.8 Å². The monoisotopic (exact) mass is 461 g/mol. The predicted molar refractivity (Wildman–Crippen MR) is 128 cm³/mol. The minimum absolute atomic E-state index is 0.00820. The van der Waals surface area contributed by atoms with Gasteiger partial charge in [0.1, 0.15) is 48.3 Å². The zero-order valence-corrected chi connectivity index (χ0v) is 19.7. The Labute approximate surface area is 197 Å². The first-order chi connectivity index (χ1) is 16.4. The molecule has 0 fully saturated rings. The van der Waals surface area contributed by atoms with Gasteiger partial charge in [0.2, 0.25) is 5.91 Å². The largest absolute Gasteiger partial charge is 0.491 e. The number of ether oxygens (including phenoxy) is 2. The van der Waals surface area contributed by atoms with Crippen molar-refractivity contribution in [3.8, 4) is 11.5 Å². The van der Waals surface area contributed by atoms with Gasteiger partial charge in [0.05, 0.1) is 17.4 Å². The molecule has 9 heteroatoms. The van der Waals surface area contributed by atoms with Crippen molar-refractivity contribution in [2.75, 3.05) is 25.5 Å². The van der Waals surface area contributed by atoms with Gasteiger partial charge in [0, 0.05) is 25.7 Å². The number of carbonyl (C=O) groups is 1. The normalized spacial score (nSPS) is 10.8. The standard InChI is InChI=1S/C25H27N5O4/c1-16-12-19(8-9-22(16)33-14-20-13-17(2)34-29-20)28-25-24-21(26-15-27-25)6-5-7-23(24)32-11-10-30(4)18(3)31/h5-9,12-13,15H,10-11,14H2,1-4H3,(H,26,27,28). The first-order valence-corrected chi connectivity index (χ1v) is 10.9. The third-order valence-corrected chi connectivity index (χ3v) is 5.34. The molecule has 9 nitrogen and oxygen atoms in total. The van der Waals surface area contributed by atoms with E-state index in [1.54, 1.807) is 11.9 Å². The van der Waals surface area contributed by atoms with Crippen LogP contribution in [-0.4, -0.2) is 46.1 Å². The molecule has 0 aliphatic carbocycles. The third-order valence-electron chi connectivity index (χ3n) is 5.34. The highest BCUT2D eigenvalue weighted by Crippen LogP contribution is 2.32. The second kappa shape index (κ2) is 10.2. The highest BCUT2D eigenvalue weighted by Gasteiger charge is 2.12. The summed E-state index contributed by atoms with van der Waals surface area (Å²) in [6, 6.07) is 13.3. The van der Waals surface area contributed by atoms with Crippen molar-refractivity contribution < 1.29 is 18.8 Å². The van der Waals surface area contributed by atoms with Crippen LogP contribution < -0.4 is 14.8 Å². The van der Waals surface area contributed by atoms with E-state index >= 15 is 0 Å². The Hall–Kier alpha value is -4.14. The fraction of sp³-hybridized carbons (Fsp3) is 0.280. The zero-order chi connectivity index (χ0) is 24.1. The molecule has 0 bridgehead atoms. The van der Waals surface area contributed by atoms with Crippen LogP contribution in [0.1, 0.15) is 23.9 Å². The molecular formula is C25H27N5O4. The lowest BCUT2D eigenvalue weighted by Gasteiger charge is -2.17. The maximum absolute atomic E-state index is 11.4. The Balaban J connectivity index is 1.51. The first-order valence-electron chi connectivity index (χ1n) is 10.9. The van der Waals surface area contributed by atoms with Crippen LogP contribution in [0.5, 0.6) is 11.5 Å². The smallest absolute Gasteiger partial charge is 0.219 e. The molecular weight excluding hydrogens is 434 g/mol. The lowest BCUT2D eigenvalue weighted by atomic mass is 10.1. The van der Waals surface area contributed by atoms with Crippen LogP contribution in [0.15, 0.2) is 53.3 Å². The molecule has 2 aromatic carbocycles. The Bertz CT molecular complexity index is 1300. The molecule has 1 amide bonds. The fourth-order valence-corrected chi connectivity index (χ4v) is 3.41. The maximum atomic E-state index is 11.4. The average Bonchev–Trinajstić information content (AvgIpc) is 3.23. The van der Waals surface area contributed by atoms with Crippen molar-refractivity contribution in [1.29, 1.82) is 0 Å². The quantitative estimate of drug-likeness (QED) is 0.391. The van der Waals surface area contributed by atoms with Crippen molar-refractivity contribution >= 4 is 28.3 Å². The Morgan fingerprint density at radius 2 is 1.94 bits per heavy atom. The summed E-state index contributed by atoms with van der Waals surface area (Å²) < 4.78 is 17.0. The Kier molecular flexibility index (Phi) is 6.91. The average molecular weight is 462 g/mol. The Morgan fingerprint density at radius 3 is 2.68 bits per heavy atom. The summed E-state index contributed by atoms with van der Waals surface area (Å²) in [5.41, 5.74) is 3.32. The van der Waals surface area contributed by atoms with Crippen LogP contribution in [-0.2, 0) is 11.4 Å². The van der Waals surface area contributed by atoms with Gasteiger partial charge in [0.15, 0.2) is 0 Å². The highest BCUT2D eigenvalue weighted by molar-refractivity contribution is 5.95. The molecule has 1 N–H and O–H groups in total. The summed E-state index contributed by atoms with van der Waals surface area (Å²) in [6.45, 7) is 6.53. The van der Waals surface area contributed by atoms with Crippen LogP contribution in [0.2, 0.25) is 0 Å². The molecule has 0 atom stereocenters. The van der Waals surface area contributed by atoms with Gasteiger partial charge < -0.3 is 24.2 Å². The second-order valence-corrected chi connectivity index (χ2v) is 7.98. The van der Waals surface area contributed by atoms with Crippen LogP contribution in [0.3, 0.4) is 0 Å². The van der Waals surface area contributed by atoms with Crippen molar-refractivity contribution in [1.82, 2.24) is 20.0 Å². The van der Waals surface area contributed by atoms with E-state index < -0.39 is 0 Å². The number of anilines is 2. The van der Waals surface area contributed by atoms with Crippen molar-refractivity contribution in [2.24, 2.45) is 0 Å². The van der Waals surface area contributed by atoms with Gasteiger partial charge in [-0.3, -0.25) is 4.79 Å². The van der Waals surface area contributed by atoms with E-state index in [1.165, 1.54) is 13.3 Å². The molecule has 0 spiro atoms. The first kappa shape index (κ1) is 23.0. The minimum Gasteiger partial charge on any atom is -0.491 e. The van der Waals surface area contributed by atoms with Crippen LogP contribution in [0, 0.1) is 13.8 Å². The number of fused-ring (bicyclic) bond motifs is 1. The number of aromatic nitrogens is 3. The topological polar surface area (TPSA) is 103 Å². The van der Waals surface area contributed by atoms with E-state index in [1.807, 2.05) is 56.3 Å². The van der Waals surface area contributed by atoms with Gasteiger partial charge in [-0.15, -0.1) is 0 Å². The molecule has 0 saturated carbocycles. The SMILES string of the molecule is CC(=O)N(C)CCOc1cccc2ncnc(Nc3ccc(OCc4cc(C)on4)c(C)c3)c12. The van der Waals surface area contributed by atoms with Crippen molar-refractivity contribution in [3.63, 3.8) is 0 Å². The number of rotatable bonds is 9. The number of carbonyl (C=O) groups excluding carboxylic acids is 1. The van der Waals surface area contributed by atoms with Crippen molar-refractivity contribution in [2.45, 2.75) is 27.4 Å². The fourth-order valence-electron chi connectivity index (χ4n) is 3.41. The van der Waals surface area contributed by atoms with Gasteiger partial charge in [-0.05, 0) is 49.7 Å². The number of nitrogens with zero attached hydrogens (tertiary/aromatic N) is 4. The second-order valence-electron chi connectivity index (χ2n) is 7.98. The highest BCUT2D eigenvalue weighted by atomic mass is 16.5. The van der Waals surface area contributed by atoms with Crippen LogP contribution in [0.4, 0.5) is 11.5 Å². The van der Waals surface area contributed by atoms with E-state index in [0.29, 0.717) is 31.3 Å². The number of benzene rings is 2. The number of likely N-dealkylation sites (N-methyl/N-ethyl adjacent to an activating group) is 1. The van der Waals surface area contributed by atoms with E-state index in [4.69, 9.17) is 14.0 Å².